The van der Waals surface area contributed by atoms with Gasteiger partial charge in [0, 0.05) is 35.7 Å². The molecule has 0 aliphatic carbocycles. The van der Waals surface area contributed by atoms with Crippen LogP contribution in [0.3, 0.4) is 0 Å². The van der Waals surface area contributed by atoms with Crippen LogP contribution in [0.4, 0.5) is 4.39 Å². The van der Waals surface area contributed by atoms with Crippen LogP contribution in [0.2, 0.25) is 0 Å². The van der Waals surface area contributed by atoms with Crippen LogP contribution in [-0.2, 0) is 9.53 Å². The van der Waals surface area contributed by atoms with Gasteiger partial charge in [0.2, 0.25) is 5.91 Å². The summed E-state index contributed by atoms with van der Waals surface area (Å²) in [5.41, 5.74) is 1.41. The number of ether oxygens (including phenoxy) is 1. The summed E-state index contributed by atoms with van der Waals surface area (Å²) >= 11 is 3.31. The SMILES string of the molecule is O=C(/C=C/c1cc(Br)ccc1F)NC(CN1CCOCC1)c1ccccc1. The molecule has 1 atom stereocenters. The summed E-state index contributed by atoms with van der Waals surface area (Å²) in [5.74, 6) is -0.619. The molecule has 0 aromatic heterocycles. The van der Waals surface area contributed by atoms with Crippen molar-refractivity contribution in [3.63, 3.8) is 0 Å². The number of nitrogens with one attached hydrogen (secondary N) is 1. The van der Waals surface area contributed by atoms with Gasteiger partial charge in [-0.1, -0.05) is 46.3 Å². The summed E-state index contributed by atoms with van der Waals surface area (Å²) in [6, 6.07) is 14.4. The summed E-state index contributed by atoms with van der Waals surface area (Å²) < 4.78 is 20.0. The number of carbonyl (C=O) groups excluding carboxylic acids is 1. The Labute approximate surface area is 167 Å². The minimum Gasteiger partial charge on any atom is -0.379 e. The molecule has 1 heterocycles. The standard InChI is InChI=1S/C21H22BrFN2O2/c22-18-7-8-19(23)17(14-18)6-9-21(26)24-20(16-4-2-1-3-5-16)15-25-10-12-27-13-11-25/h1-9,14,20H,10-13,15H2,(H,24,26)/b9-6+. The van der Waals surface area contributed by atoms with E-state index in [1.54, 1.807) is 12.1 Å². The van der Waals surface area contributed by atoms with Crippen molar-refractivity contribution >= 4 is 27.9 Å². The van der Waals surface area contributed by atoms with Crippen LogP contribution in [0.5, 0.6) is 0 Å². The van der Waals surface area contributed by atoms with Crippen LogP contribution >= 0.6 is 15.9 Å². The fourth-order valence-electron chi connectivity index (χ4n) is 2.99. The first-order chi connectivity index (χ1) is 13.1. The van der Waals surface area contributed by atoms with Crippen LogP contribution in [0.25, 0.3) is 6.08 Å². The maximum atomic E-state index is 13.8. The average Bonchev–Trinajstić information content (AvgIpc) is 2.69. The quantitative estimate of drug-likeness (QED) is 0.705. The predicted molar refractivity (Wildman–Crippen MR) is 108 cm³/mol. The lowest BCUT2D eigenvalue weighted by Gasteiger charge is -2.31. The van der Waals surface area contributed by atoms with Crippen LogP contribution < -0.4 is 5.32 Å². The molecule has 142 valence electrons. The minimum absolute atomic E-state index is 0.145. The number of benzene rings is 2. The average molecular weight is 433 g/mol. The molecule has 1 amide bonds. The highest BCUT2D eigenvalue weighted by Gasteiger charge is 2.19. The highest BCUT2D eigenvalue weighted by atomic mass is 79.9. The van der Waals surface area contributed by atoms with Gasteiger partial charge in [-0.15, -0.1) is 0 Å². The largest absolute Gasteiger partial charge is 0.379 e. The van der Waals surface area contributed by atoms with Crippen LogP contribution in [0.15, 0.2) is 59.1 Å². The van der Waals surface area contributed by atoms with Gasteiger partial charge in [0.1, 0.15) is 5.82 Å². The normalized spacial score (nSPS) is 16.4. The van der Waals surface area contributed by atoms with Crippen molar-refractivity contribution in [2.24, 2.45) is 0 Å². The monoisotopic (exact) mass is 432 g/mol. The van der Waals surface area contributed by atoms with Crippen molar-refractivity contribution in [2.75, 3.05) is 32.8 Å². The Balaban J connectivity index is 1.69. The third-order valence-corrected chi connectivity index (χ3v) is 4.93. The first kappa shape index (κ1) is 19.7. The van der Waals surface area contributed by atoms with Gasteiger partial charge in [0.25, 0.3) is 0 Å². The molecule has 1 saturated heterocycles. The van der Waals surface area contributed by atoms with E-state index in [9.17, 15) is 9.18 Å². The molecule has 0 bridgehead atoms. The Morgan fingerprint density at radius 3 is 2.70 bits per heavy atom. The number of morpholine rings is 1. The van der Waals surface area contributed by atoms with Crippen molar-refractivity contribution in [2.45, 2.75) is 6.04 Å². The van der Waals surface area contributed by atoms with E-state index in [4.69, 9.17) is 4.74 Å². The molecule has 2 aromatic carbocycles. The van der Waals surface area contributed by atoms with Gasteiger partial charge >= 0.3 is 0 Å². The van der Waals surface area contributed by atoms with E-state index in [-0.39, 0.29) is 17.8 Å². The lowest BCUT2D eigenvalue weighted by molar-refractivity contribution is -0.117. The third kappa shape index (κ3) is 5.99. The summed E-state index contributed by atoms with van der Waals surface area (Å²) in [6.45, 7) is 3.81. The molecule has 6 heteroatoms. The van der Waals surface area contributed by atoms with E-state index in [1.165, 1.54) is 18.2 Å². The second-order valence-corrected chi connectivity index (χ2v) is 7.30. The fourth-order valence-corrected chi connectivity index (χ4v) is 3.37. The molecule has 0 radical (unpaired) electrons. The number of hydrogen-bond acceptors (Lipinski definition) is 3. The van der Waals surface area contributed by atoms with Gasteiger partial charge in [-0.3, -0.25) is 9.69 Å². The molecule has 1 fully saturated rings. The topological polar surface area (TPSA) is 41.6 Å². The predicted octanol–water partition coefficient (Wildman–Crippen LogP) is 3.79. The lowest BCUT2D eigenvalue weighted by atomic mass is 10.1. The van der Waals surface area contributed by atoms with Gasteiger partial charge in [-0.25, -0.2) is 4.39 Å². The number of carbonyl (C=O) groups is 1. The van der Waals surface area contributed by atoms with Crippen LogP contribution in [0, 0.1) is 5.82 Å². The van der Waals surface area contributed by atoms with Gasteiger partial charge in [0.05, 0.1) is 19.3 Å². The van der Waals surface area contributed by atoms with Crippen molar-refractivity contribution in [1.82, 2.24) is 10.2 Å². The molecule has 4 nitrogen and oxygen atoms in total. The fraction of sp³-hybridized carbons (Fsp3) is 0.286. The van der Waals surface area contributed by atoms with Gasteiger partial charge in [-0.05, 0) is 29.8 Å². The molecule has 0 saturated carbocycles. The molecule has 2 aromatic rings. The second-order valence-electron chi connectivity index (χ2n) is 6.38. The Bertz CT molecular complexity index is 792. The van der Waals surface area contributed by atoms with Crippen molar-refractivity contribution in [3.05, 3.63) is 76.0 Å². The Morgan fingerprint density at radius 1 is 1.22 bits per heavy atom. The first-order valence-electron chi connectivity index (χ1n) is 8.90. The molecular formula is C21H22BrFN2O2. The lowest BCUT2D eigenvalue weighted by Crippen LogP contribution is -2.42. The highest BCUT2D eigenvalue weighted by Crippen LogP contribution is 2.18. The molecule has 1 aliphatic rings. The highest BCUT2D eigenvalue weighted by molar-refractivity contribution is 9.10. The van der Waals surface area contributed by atoms with E-state index in [1.807, 2.05) is 30.3 Å². The number of nitrogens with zero attached hydrogens (tertiary/aromatic N) is 1. The summed E-state index contributed by atoms with van der Waals surface area (Å²) in [5, 5.41) is 3.04. The zero-order valence-corrected chi connectivity index (χ0v) is 16.5. The minimum atomic E-state index is -0.366. The van der Waals surface area contributed by atoms with Crippen LogP contribution in [0.1, 0.15) is 17.2 Å². The van der Waals surface area contributed by atoms with E-state index in [0.717, 1.165) is 23.1 Å². The van der Waals surface area contributed by atoms with E-state index in [0.29, 0.717) is 25.3 Å². The van der Waals surface area contributed by atoms with Crippen molar-refractivity contribution in [3.8, 4) is 0 Å². The molecular weight excluding hydrogens is 411 g/mol. The maximum Gasteiger partial charge on any atom is 0.244 e. The maximum absolute atomic E-state index is 13.8. The number of rotatable bonds is 6. The smallest absolute Gasteiger partial charge is 0.244 e. The van der Waals surface area contributed by atoms with Crippen LogP contribution in [-0.4, -0.2) is 43.7 Å². The summed E-state index contributed by atoms with van der Waals surface area (Å²) in [7, 11) is 0. The molecule has 0 spiro atoms. The molecule has 1 aliphatic heterocycles. The molecule has 3 rings (SSSR count). The van der Waals surface area contributed by atoms with E-state index < -0.39 is 0 Å². The Hall–Kier alpha value is -2.02. The molecule has 27 heavy (non-hydrogen) atoms. The number of halogens is 2. The third-order valence-electron chi connectivity index (χ3n) is 4.44. The van der Waals surface area contributed by atoms with E-state index >= 15 is 0 Å². The Morgan fingerprint density at radius 2 is 1.96 bits per heavy atom. The Kier molecular flexibility index (Phi) is 7.15. The zero-order valence-electron chi connectivity index (χ0n) is 14.9. The van der Waals surface area contributed by atoms with Gasteiger partial charge < -0.3 is 10.1 Å². The molecule has 1 N–H and O–H groups in total. The summed E-state index contributed by atoms with van der Waals surface area (Å²) in [6.07, 6.45) is 2.87. The van der Waals surface area contributed by atoms with Gasteiger partial charge in [-0.2, -0.15) is 0 Å². The van der Waals surface area contributed by atoms with E-state index in [2.05, 4.69) is 26.1 Å². The van der Waals surface area contributed by atoms with Gasteiger partial charge in [0.15, 0.2) is 0 Å². The number of amides is 1. The van der Waals surface area contributed by atoms with Crippen molar-refractivity contribution in [1.29, 1.82) is 0 Å². The molecule has 1 unspecified atom stereocenters. The second kappa shape index (κ2) is 9.78. The van der Waals surface area contributed by atoms with Crippen molar-refractivity contribution < 1.29 is 13.9 Å². The first-order valence-corrected chi connectivity index (χ1v) is 9.70. The zero-order chi connectivity index (χ0) is 19.1. The number of hydrogen-bond donors (Lipinski definition) is 1. The summed E-state index contributed by atoms with van der Waals surface area (Å²) in [4.78, 5) is 14.7.